The highest BCUT2D eigenvalue weighted by molar-refractivity contribution is 5.73. The van der Waals surface area contributed by atoms with Crippen molar-refractivity contribution in [1.82, 2.24) is 5.32 Å². The lowest BCUT2D eigenvalue weighted by atomic mass is 9.97. The molecule has 0 saturated carbocycles. The number of hydrogen-bond acceptors (Lipinski definition) is 2. The van der Waals surface area contributed by atoms with E-state index in [1.54, 1.807) is 0 Å². The van der Waals surface area contributed by atoms with E-state index in [1.807, 2.05) is 36.4 Å². The highest BCUT2D eigenvalue weighted by atomic mass is 14.9. The standard InChI is InChI=1S/C22H22N2/c1-3-18-15-20(19-10-6-4-7-11-19)16-23-22(18)14-17(2)24-21-12-8-5-9-13-21/h3-15,23-24H,2,16H2,1H3/b18-3-,22-14+. The summed E-state index contributed by atoms with van der Waals surface area (Å²) < 4.78 is 0. The van der Waals surface area contributed by atoms with Crippen molar-refractivity contribution in [2.45, 2.75) is 6.92 Å². The zero-order valence-electron chi connectivity index (χ0n) is 13.9. The van der Waals surface area contributed by atoms with Gasteiger partial charge in [0.2, 0.25) is 0 Å². The summed E-state index contributed by atoms with van der Waals surface area (Å²) in [5, 5.41) is 6.83. The molecule has 0 aliphatic carbocycles. The number of para-hydroxylation sites is 1. The van der Waals surface area contributed by atoms with Crippen LogP contribution in [0.3, 0.4) is 0 Å². The number of hydrogen-bond donors (Lipinski definition) is 2. The summed E-state index contributed by atoms with van der Waals surface area (Å²) in [6.07, 6.45) is 6.42. The first-order valence-electron chi connectivity index (χ1n) is 8.15. The quantitative estimate of drug-likeness (QED) is 0.817. The molecule has 0 radical (unpaired) electrons. The first-order valence-corrected chi connectivity index (χ1v) is 8.15. The van der Waals surface area contributed by atoms with E-state index in [2.05, 4.69) is 66.6 Å². The van der Waals surface area contributed by atoms with Crippen LogP contribution in [0.15, 0.2) is 102 Å². The largest absolute Gasteiger partial charge is 0.380 e. The maximum absolute atomic E-state index is 4.11. The van der Waals surface area contributed by atoms with E-state index >= 15 is 0 Å². The Morgan fingerprint density at radius 3 is 2.38 bits per heavy atom. The summed E-state index contributed by atoms with van der Waals surface area (Å²) in [4.78, 5) is 0. The third-order valence-electron chi connectivity index (χ3n) is 3.96. The van der Waals surface area contributed by atoms with Crippen molar-refractivity contribution in [1.29, 1.82) is 0 Å². The molecule has 0 bridgehead atoms. The summed E-state index contributed by atoms with van der Waals surface area (Å²) in [6, 6.07) is 20.6. The van der Waals surface area contributed by atoms with Crippen LogP contribution in [-0.4, -0.2) is 6.54 Å². The summed E-state index contributed by atoms with van der Waals surface area (Å²) in [5.41, 5.74) is 6.71. The van der Waals surface area contributed by atoms with Crippen LogP contribution in [0.4, 0.5) is 5.69 Å². The van der Waals surface area contributed by atoms with Crippen molar-refractivity contribution in [3.05, 3.63) is 108 Å². The van der Waals surface area contributed by atoms with Gasteiger partial charge in [0.1, 0.15) is 0 Å². The van der Waals surface area contributed by atoms with Crippen LogP contribution in [0, 0.1) is 0 Å². The Balaban J connectivity index is 1.78. The molecule has 120 valence electrons. The van der Waals surface area contributed by atoms with E-state index in [0.29, 0.717) is 0 Å². The average molecular weight is 314 g/mol. The van der Waals surface area contributed by atoms with Crippen molar-refractivity contribution < 1.29 is 0 Å². The number of nitrogens with one attached hydrogen (secondary N) is 2. The first kappa shape index (κ1) is 15.9. The van der Waals surface area contributed by atoms with Gasteiger partial charge >= 0.3 is 0 Å². The monoisotopic (exact) mass is 314 g/mol. The van der Waals surface area contributed by atoms with E-state index in [-0.39, 0.29) is 0 Å². The van der Waals surface area contributed by atoms with E-state index in [4.69, 9.17) is 0 Å². The molecular formula is C22H22N2. The van der Waals surface area contributed by atoms with Crippen molar-refractivity contribution in [3.63, 3.8) is 0 Å². The summed E-state index contributed by atoms with van der Waals surface area (Å²) in [6.45, 7) is 6.98. The lowest BCUT2D eigenvalue weighted by Crippen LogP contribution is -2.22. The van der Waals surface area contributed by atoms with E-state index in [0.717, 1.165) is 23.6 Å². The molecule has 2 nitrogen and oxygen atoms in total. The predicted molar refractivity (Wildman–Crippen MR) is 103 cm³/mol. The van der Waals surface area contributed by atoms with Gasteiger partial charge in [-0.25, -0.2) is 0 Å². The fourth-order valence-electron chi connectivity index (χ4n) is 2.74. The zero-order valence-corrected chi connectivity index (χ0v) is 13.9. The highest BCUT2D eigenvalue weighted by Crippen LogP contribution is 2.24. The van der Waals surface area contributed by atoms with Crippen LogP contribution >= 0.6 is 0 Å². The van der Waals surface area contributed by atoms with Crippen molar-refractivity contribution in [2.75, 3.05) is 11.9 Å². The lowest BCUT2D eigenvalue weighted by molar-refractivity contribution is 0.910. The first-order chi connectivity index (χ1) is 11.8. The van der Waals surface area contributed by atoms with Gasteiger partial charge in [-0.1, -0.05) is 61.2 Å². The Labute approximate surface area is 143 Å². The topological polar surface area (TPSA) is 24.1 Å². The van der Waals surface area contributed by atoms with Crippen molar-refractivity contribution in [2.24, 2.45) is 0 Å². The Kier molecular flexibility index (Phi) is 4.97. The van der Waals surface area contributed by atoms with Gasteiger partial charge in [0, 0.05) is 23.6 Å². The third-order valence-corrected chi connectivity index (χ3v) is 3.96. The fraction of sp³-hybridized carbons (Fsp3) is 0.0909. The molecule has 1 aliphatic heterocycles. The number of benzene rings is 2. The molecule has 0 unspecified atom stereocenters. The summed E-state index contributed by atoms with van der Waals surface area (Å²) >= 11 is 0. The molecule has 2 aromatic carbocycles. The number of rotatable bonds is 4. The van der Waals surface area contributed by atoms with Gasteiger partial charge in [-0.2, -0.15) is 0 Å². The predicted octanol–water partition coefficient (Wildman–Crippen LogP) is 5.13. The Morgan fingerprint density at radius 1 is 1.04 bits per heavy atom. The second-order valence-electron chi connectivity index (χ2n) is 5.71. The van der Waals surface area contributed by atoms with Gasteiger partial charge < -0.3 is 10.6 Å². The van der Waals surface area contributed by atoms with Crippen LogP contribution in [0.5, 0.6) is 0 Å². The molecule has 3 rings (SSSR count). The molecule has 2 N–H and O–H groups in total. The Hall–Kier alpha value is -3.00. The van der Waals surface area contributed by atoms with E-state index in [1.165, 1.54) is 16.7 Å². The minimum atomic E-state index is 0.811. The highest BCUT2D eigenvalue weighted by Gasteiger charge is 2.12. The van der Waals surface area contributed by atoms with Gasteiger partial charge in [0.05, 0.1) is 0 Å². The summed E-state index contributed by atoms with van der Waals surface area (Å²) in [5.74, 6) is 0. The van der Waals surface area contributed by atoms with Crippen LogP contribution < -0.4 is 10.6 Å². The van der Waals surface area contributed by atoms with Crippen LogP contribution in [0.1, 0.15) is 12.5 Å². The average Bonchev–Trinajstić information content (AvgIpc) is 2.63. The molecule has 0 saturated heterocycles. The minimum absolute atomic E-state index is 0.811. The van der Waals surface area contributed by atoms with Gasteiger partial charge in [-0.05, 0) is 47.9 Å². The Morgan fingerprint density at radius 2 is 1.71 bits per heavy atom. The minimum Gasteiger partial charge on any atom is -0.380 e. The summed E-state index contributed by atoms with van der Waals surface area (Å²) in [7, 11) is 0. The molecule has 0 aromatic heterocycles. The van der Waals surface area contributed by atoms with Gasteiger partial charge in [0.15, 0.2) is 0 Å². The van der Waals surface area contributed by atoms with Crippen LogP contribution in [0.2, 0.25) is 0 Å². The lowest BCUT2D eigenvalue weighted by Gasteiger charge is -2.22. The number of anilines is 1. The molecule has 0 amide bonds. The molecule has 24 heavy (non-hydrogen) atoms. The smallest absolute Gasteiger partial charge is 0.0433 e. The van der Waals surface area contributed by atoms with Crippen molar-refractivity contribution in [3.8, 4) is 0 Å². The maximum Gasteiger partial charge on any atom is 0.0433 e. The van der Waals surface area contributed by atoms with Gasteiger partial charge in [-0.15, -0.1) is 0 Å². The SMILES string of the molecule is C=C(/C=C1/NCC(c2ccccc2)=C/C1=C/C)Nc1ccccc1. The zero-order chi connectivity index (χ0) is 16.8. The third kappa shape index (κ3) is 3.85. The second-order valence-corrected chi connectivity index (χ2v) is 5.71. The second kappa shape index (κ2) is 7.51. The number of allylic oxidation sites excluding steroid dienone is 3. The Bertz CT molecular complexity index is 796. The van der Waals surface area contributed by atoms with Crippen molar-refractivity contribution >= 4 is 11.3 Å². The molecule has 1 heterocycles. The molecule has 2 heteroatoms. The molecule has 2 aromatic rings. The normalized spacial score (nSPS) is 17.3. The van der Waals surface area contributed by atoms with Gasteiger partial charge in [-0.3, -0.25) is 0 Å². The van der Waals surface area contributed by atoms with E-state index < -0.39 is 0 Å². The fourth-order valence-corrected chi connectivity index (χ4v) is 2.74. The molecule has 0 atom stereocenters. The van der Waals surface area contributed by atoms with Gasteiger partial charge in [0.25, 0.3) is 0 Å². The van der Waals surface area contributed by atoms with Crippen LogP contribution in [-0.2, 0) is 0 Å². The maximum atomic E-state index is 4.11. The van der Waals surface area contributed by atoms with Crippen LogP contribution in [0.25, 0.3) is 5.57 Å². The molecule has 0 fully saturated rings. The molecule has 0 spiro atoms. The molecular weight excluding hydrogens is 292 g/mol. The van der Waals surface area contributed by atoms with E-state index in [9.17, 15) is 0 Å². The molecule has 1 aliphatic rings.